The van der Waals surface area contributed by atoms with Gasteiger partial charge in [0.1, 0.15) is 0 Å². The molecule has 0 aliphatic rings. The van der Waals surface area contributed by atoms with Crippen LogP contribution in [0.3, 0.4) is 0 Å². The van der Waals surface area contributed by atoms with Gasteiger partial charge in [-0.1, -0.05) is 20.8 Å². The minimum Gasteiger partial charge on any atom is -0.511 e. The summed E-state index contributed by atoms with van der Waals surface area (Å²) in [5.41, 5.74) is 0. The Kier molecular flexibility index (Phi) is 4.52. The molecule has 0 spiro atoms. The molecule has 0 saturated carbocycles. The number of carbonyl (C=O) groups is 2. The average Bonchev–Trinajstić information content (AvgIpc) is 2.01. The van der Waals surface area contributed by atoms with E-state index in [1.54, 1.807) is 6.92 Å². The largest absolute Gasteiger partial charge is 0.511 e. The predicted octanol–water partition coefficient (Wildman–Crippen LogP) is 2.10. The molecule has 0 aromatic heterocycles. The van der Waals surface area contributed by atoms with Crippen molar-refractivity contribution in [3.63, 3.8) is 0 Å². The zero-order valence-corrected chi connectivity index (χ0v) is 11.3. The average molecular weight is 232 g/mol. The predicted molar refractivity (Wildman–Crippen MR) is 59.9 cm³/mol. The molecule has 0 unspecified atom stereocenters. The van der Waals surface area contributed by atoms with Crippen LogP contribution in [-0.2, 0) is 18.8 Å². The molecule has 0 saturated heterocycles. The lowest BCUT2D eigenvalue weighted by Crippen LogP contribution is -2.44. The van der Waals surface area contributed by atoms with E-state index in [-0.39, 0.29) is 11.6 Å². The molecule has 0 aliphatic carbocycles. The van der Waals surface area contributed by atoms with Crippen LogP contribution in [0.1, 0.15) is 27.7 Å². The number of hydrogen-bond donors (Lipinski definition) is 0. The van der Waals surface area contributed by atoms with E-state index >= 15 is 0 Å². The summed E-state index contributed by atoms with van der Waals surface area (Å²) in [4.78, 5) is 22.4. The molecule has 0 radical (unpaired) electrons. The summed E-state index contributed by atoms with van der Waals surface area (Å²) in [6.07, 6.45) is 0. The van der Waals surface area contributed by atoms with Gasteiger partial charge in [0.05, 0.1) is 6.61 Å². The smallest absolute Gasteiger partial charge is 0.416 e. The summed E-state index contributed by atoms with van der Waals surface area (Å²) in [5.74, 6) is -1.77. The molecule has 4 nitrogen and oxygen atoms in total. The van der Waals surface area contributed by atoms with E-state index in [9.17, 15) is 9.59 Å². The van der Waals surface area contributed by atoms with Crippen LogP contribution in [0.2, 0.25) is 18.1 Å². The molecule has 0 N–H and O–H groups in total. The molecule has 0 rings (SSSR count). The first-order chi connectivity index (χ1) is 6.62. The first-order valence-corrected chi connectivity index (χ1v) is 7.92. The quantitative estimate of drug-likeness (QED) is 0.415. The van der Waals surface area contributed by atoms with Gasteiger partial charge in [-0.25, -0.2) is 9.59 Å². The van der Waals surface area contributed by atoms with Crippen LogP contribution in [0.15, 0.2) is 0 Å². The van der Waals surface area contributed by atoms with Crippen molar-refractivity contribution < 1.29 is 18.8 Å². The Morgan fingerprint density at radius 2 is 1.60 bits per heavy atom. The number of carbonyl (C=O) groups excluding carboxylic acids is 2. The second-order valence-corrected chi connectivity index (χ2v) is 9.60. The highest BCUT2D eigenvalue weighted by Crippen LogP contribution is 2.36. The van der Waals surface area contributed by atoms with Crippen LogP contribution >= 0.6 is 0 Å². The Morgan fingerprint density at radius 3 is 1.93 bits per heavy atom. The van der Waals surface area contributed by atoms with E-state index in [1.807, 2.05) is 33.9 Å². The van der Waals surface area contributed by atoms with Crippen LogP contribution in [0.25, 0.3) is 0 Å². The molecule has 0 aromatic carbocycles. The van der Waals surface area contributed by atoms with Gasteiger partial charge in [0.15, 0.2) is 0 Å². The van der Waals surface area contributed by atoms with Crippen molar-refractivity contribution in [3.8, 4) is 0 Å². The summed E-state index contributed by atoms with van der Waals surface area (Å²) >= 11 is 0. The minimum absolute atomic E-state index is 0.102. The van der Waals surface area contributed by atoms with Crippen molar-refractivity contribution in [2.24, 2.45) is 0 Å². The Labute approximate surface area is 92.1 Å². The van der Waals surface area contributed by atoms with E-state index in [2.05, 4.69) is 4.74 Å². The summed E-state index contributed by atoms with van der Waals surface area (Å²) in [7, 11) is -2.21. The summed E-state index contributed by atoms with van der Waals surface area (Å²) < 4.78 is 9.81. The number of rotatable bonds is 2. The van der Waals surface area contributed by atoms with E-state index in [0.717, 1.165) is 0 Å². The maximum absolute atomic E-state index is 11.3. The molecule has 0 aromatic rings. The standard InChI is InChI=1S/C10H20O4Si/c1-7-13-8(11)9(12)14-15(5,6)10(2,3)4/h7H2,1-6H3. The molecule has 5 heteroatoms. The first kappa shape index (κ1) is 14.2. The van der Waals surface area contributed by atoms with Crippen molar-refractivity contribution in [2.75, 3.05) is 6.61 Å². The van der Waals surface area contributed by atoms with Crippen molar-refractivity contribution in [1.82, 2.24) is 0 Å². The van der Waals surface area contributed by atoms with Gasteiger partial charge < -0.3 is 9.16 Å². The van der Waals surface area contributed by atoms with Crippen molar-refractivity contribution in [2.45, 2.75) is 45.8 Å². The third-order valence-corrected chi connectivity index (χ3v) is 6.90. The lowest BCUT2D eigenvalue weighted by atomic mass is 10.2. The molecule has 15 heavy (non-hydrogen) atoms. The van der Waals surface area contributed by atoms with Crippen LogP contribution in [0, 0.1) is 0 Å². The highest BCUT2D eigenvalue weighted by molar-refractivity contribution is 6.76. The fraction of sp³-hybridized carbons (Fsp3) is 0.800. The van der Waals surface area contributed by atoms with Gasteiger partial charge in [0.25, 0.3) is 8.32 Å². The third kappa shape index (κ3) is 4.03. The van der Waals surface area contributed by atoms with Gasteiger partial charge in [-0.3, -0.25) is 0 Å². The SMILES string of the molecule is CCOC(=O)C(=O)O[Si](C)(C)C(C)(C)C. The summed E-state index contributed by atoms with van der Waals surface area (Å²) in [6, 6.07) is 0. The fourth-order valence-electron chi connectivity index (χ4n) is 0.617. The maximum Gasteiger partial charge on any atom is 0.416 e. The molecule has 0 atom stereocenters. The van der Waals surface area contributed by atoms with Crippen molar-refractivity contribution in [1.29, 1.82) is 0 Å². The van der Waals surface area contributed by atoms with Gasteiger partial charge in [0, 0.05) is 0 Å². The van der Waals surface area contributed by atoms with Crippen LogP contribution in [0.4, 0.5) is 0 Å². The van der Waals surface area contributed by atoms with E-state index < -0.39 is 20.3 Å². The summed E-state index contributed by atoms with van der Waals surface area (Å²) in [5, 5.41) is -0.102. The molecular weight excluding hydrogens is 212 g/mol. The fourth-order valence-corrected chi connectivity index (χ4v) is 1.47. The second kappa shape index (κ2) is 4.79. The van der Waals surface area contributed by atoms with Gasteiger partial charge in [-0.05, 0) is 25.1 Å². The normalized spacial score (nSPS) is 12.1. The van der Waals surface area contributed by atoms with Crippen LogP contribution < -0.4 is 0 Å². The van der Waals surface area contributed by atoms with Gasteiger partial charge in [-0.2, -0.15) is 0 Å². The van der Waals surface area contributed by atoms with Gasteiger partial charge in [0.2, 0.25) is 0 Å². The molecule has 0 bridgehead atoms. The Balaban J connectivity index is 4.48. The van der Waals surface area contributed by atoms with Crippen molar-refractivity contribution in [3.05, 3.63) is 0 Å². The number of ether oxygens (including phenoxy) is 1. The van der Waals surface area contributed by atoms with Gasteiger partial charge >= 0.3 is 11.9 Å². The zero-order chi connectivity index (χ0) is 12.3. The van der Waals surface area contributed by atoms with Crippen LogP contribution in [-0.4, -0.2) is 26.9 Å². The molecular formula is C10H20O4Si. The highest BCUT2D eigenvalue weighted by Gasteiger charge is 2.41. The van der Waals surface area contributed by atoms with E-state index in [1.165, 1.54) is 0 Å². The maximum atomic E-state index is 11.3. The lowest BCUT2D eigenvalue weighted by molar-refractivity contribution is -0.162. The van der Waals surface area contributed by atoms with Crippen molar-refractivity contribution >= 4 is 20.3 Å². The summed E-state index contributed by atoms with van der Waals surface area (Å²) in [6.45, 7) is 11.6. The number of hydrogen-bond acceptors (Lipinski definition) is 4. The molecule has 0 heterocycles. The molecule has 0 aliphatic heterocycles. The number of esters is 1. The Bertz CT molecular complexity index is 253. The second-order valence-electron chi connectivity index (χ2n) is 4.87. The lowest BCUT2D eigenvalue weighted by Gasteiger charge is -2.34. The highest BCUT2D eigenvalue weighted by atomic mass is 28.4. The Morgan fingerprint density at radius 1 is 1.13 bits per heavy atom. The Hall–Kier alpha value is -0.843. The molecule has 0 fully saturated rings. The van der Waals surface area contributed by atoms with Gasteiger partial charge in [-0.15, -0.1) is 0 Å². The zero-order valence-electron chi connectivity index (χ0n) is 10.3. The monoisotopic (exact) mass is 232 g/mol. The van der Waals surface area contributed by atoms with E-state index in [0.29, 0.717) is 0 Å². The molecule has 88 valence electrons. The molecule has 0 amide bonds. The minimum atomic E-state index is -2.21. The van der Waals surface area contributed by atoms with E-state index in [4.69, 9.17) is 4.43 Å². The van der Waals surface area contributed by atoms with Crippen LogP contribution in [0.5, 0.6) is 0 Å². The first-order valence-electron chi connectivity index (χ1n) is 5.02. The topological polar surface area (TPSA) is 52.6 Å². The third-order valence-electron chi connectivity index (χ3n) is 2.60.